The summed E-state index contributed by atoms with van der Waals surface area (Å²) in [6, 6.07) is 9.10. The zero-order chi connectivity index (χ0) is 13.0. The molecule has 1 aromatic rings. The zero-order valence-electron chi connectivity index (χ0n) is 11.8. The van der Waals surface area contributed by atoms with Crippen LogP contribution in [0.25, 0.3) is 0 Å². The lowest BCUT2D eigenvalue weighted by Crippen LogP contribution is -2.49. The Bertz CT molecular complexity index is 363. The molecular weight excluding hydrogens is 222 g/mol. The first kappa shape index (κ1) is 13.6. The van der Waals surface area contributed by atoms with Crippen LogP contribution in [-0.4, -0.2) is 25.8 Å². The van der Waals surface area contributed by atoms with E-state index in [2.05, 4.69) is 50.5 Å². The highest BCUT2D eigenvalue weighted by atomic mass is 16.5. The molecular formula is C16H25NO. The Kier molecular flexibility index (Phi) is 4.41. The van der Waals surface area contributed by atoms with Gasteiger partial charge in [-0.3, -0.25) is 0 Å². The number of rotatable bonds is 4. The minimum Gasteiger partial charge on any atom is -0.381 e. The Hall–Kier alpha value is -0.860. The Morgan fingerprint density at radius 1 is 1.17 bits per heavy atom. The summed E-state index contributed by atoms with van der Waals surface area (Å²) in [6.07, 6.45) is 3.32. The monoisotopic (exact) mass is 247 g/mol. The van der Waals surface area contributed by atoms with E-state index in [1.165, 1.54) is 11.1 Å². The fraction of sp³-hybridized carbons (Fsp3) is 0.625. The van der Waals surface area contributed by atoms with Crippen LogP contribution in [0, 0.1) is 0 Å². The Labute approximate surface area is 111 Å². The van der Waals surface area contributed by atoms with Gasteiger partial charge in [-0.1, -0.05) is 38.1 Å². The lowest BCUT2D eigenvalue weighted by molar-refractivity contribution is 0.0413. The largest absolute Gasteiger partial charge is 0.381 e. The maximum atomic E-state index is 5.47. The second-order valence-electron chi connectivity index (χ2n) is 5.72. The van der Waals surface area contributed by atoms with Crippen LogP contribution in [0.5, 0.6) is 0 Å². The first-order valence-electron chi connectivity index (χ1n) is 7.01. The summed E-state index contributed by atoms with van der Waals surface area (Å²) >= 11 is 0. The molecule has 1 saturated heterocycles. The minimum absolute atomic E-state index is 0.234. The van der Waals surface area contributed by atoms with Crippen molar-refractivity contribution in [3.63, 3.8) is 0 Å². The molecule has 1 aliphatic rings. The number of hydrogen-bond acceptors (Lipinski definition) is 2. The molecule has 0 radical (unpaired) electrons. The Morgan fingerprint density at radius 3 is 2.28 bits per heavy atom. The van der Waals surface area contributed by atoms with Gasteiger partial charge in [0.2, 0.25) is 0 Å². The summed E-state index contributed by atoms with van der Waals surface area (Å²) in [5.74, 6) is 0.611. The summed E-state index contributed by atoms with van der Waals surface area (Å²) in [4.78, 5) is 0. The Morgan fingerprint density at radius 2 is 1.78 bits per heavy atom. The predicted octanol–water partition coefficient (Wildman–Crippen LogP) is 3.12. The first-order valence-corrected chi connectivity index (χ1v) is 7.01. The van der Waals surface area contributed by atoms with Gasteiger partial charge in [0, 0.05) is 18.8 Å². The maximum absolute atomic E-state index is 5.47. The van der Waals surface area contributed by atoms with Gasteiger partial charge in [0.05, 0.1) is 0 Å². The van der Waals surface area contributed by atoms with Crippen LogP contribution in [0.2, 0.25) is 0 Å². The Balaban J connectivity index is 2.07. The summed E-state index contributed by atoms with van der Waals surface area (Å²) in [7, 11) is 2.08. The second-order valence-corrected chi connectivity index (χ2v) is 5.72. The van der Waals surface area contributed by atoms with E-state index in [0.29, 0.717) is 5.92 Å². The number of benzene rings is 1. The molecule has 0 unspecified atom stereocenters. The van der Waals surface area contributed by atoms with Crippen molar-refractivity contribution in [3.05, 3.63) is 35.4 Å². The van der Waals surface area contributed by atoms with E-state index in [1.54, 1.807) is 0 Å². The fourth-order valence-corrected chi connectivity index (χ4v) is 2.69. The van der Waals surface area contributed by atoms with Gasteiger partial charge in [0.1, 0.15) is 0 Å². The van der Waals surface area contributed by atoms with Crippen LogP contribution >= 0.6 is 0 Å². The third kappa shape index (κ3) is 3.12. The van der Waals surface area contributed by atoms with E-state index in [0.717, 1.165) is 32.5 Å². The van der Waals surface area contributed by atoms with Gasteiger partial charge in [0.25, 0.3) is 0 Å². The third-order valence-electron chi connectivity index (χ3n) is 4.17. The molecule has 1 heterocycles. The van der Waals surface area contributed by atoms with Crippen LogP contribution in [0.1, 0.15) is 43.7 Å². The van der Waals surface area contributed by atoms with Gasteiger partial charge < -0.3 is 10.1 Å². The highest BCUT2D eigenvalue weighted by Crippen LogP contribution is 2.25. The molecule has 1 fully saturated rings. The van der Waals surface area contributed by atoms with Gasteiger partial charge in [-0.2, -0.15) is 0 Å². The fourth-order valence-electron chi connectivity index (χ4n) is 2.69. The first-order chi connectivity index (χ1) is 8.65. The van der Waals surface area contributed by atoms with Gasteiger partial charge in [-0.05, 0) is 43.4 Å². The molecule has 2 rings (SSSR count). The van der Waals surface area contributed by atoms with Crippen LogP contribution in [0.15, 0.2) is 24.3 Å². The average molecular weight is 247 g/mol. The molecule has 100 valence electrons. The van der Waals surface area contributed by atoms with E-state index in [-0.39, 0.29) is 5.54 Å². The smallest absolute Gasteiger partial charge is 0.0483 e. The van der Waals surface area contributed by atoms with Crippen molar-refractivity contribution in [2.24, 2.45) is 0 Å². The summed E-state index contributed by atoms with van der Waals surface area (Å²) in [5.41, 5.74) is 3.08. The van der Waals surface area contributed by atoms with Gasteiger partial charge in [0.15, 0.2) is 0 Å². The van der Waals surface area contributed by atoms with Crippen LogP contribution in [0.3, 0.4) is 0 Å². The van der Waals surface area contributed by atoms with E-state index < -0.39 is 0 Å². The van der Waals surface area contributed by atoms with Crippen molar-refractivity contribution in [2.75, 3.05) is 20.3 Å². The molecule has 0 atom stereocenters. The number of hydrogen-bond donors (Lipinski definition) is 1. The van der Waals surface area contributed by atoms with E-state index >= 15 is 0 Å². The lowest BCUT2D eigenvalue weighted by atomic mass is 9.83. The van der Waals surface area contributed by atoms with E-state index in [9.17, 15) is 0 Å². The molecule has 1 aliphatic heterocycles. The van der Waals surface area contributed by atoms with Crippen molar-refractivity contribution in [3.8, 4) is 0 Å². The van der Waals surface area contributed by atoms with Crippen LogP contribution in [0.4, 0.5) is 0 Å². The summed E-state index contributed by atoms with van der Waals surface area (Å²) in [6.45, 7) is 6.24. The van der Waals surface area contributed by atoms with Crippen molar-refractivity contribution < 1.29 is 4.74 Å². The molecule has 0 spiro atoms. The number of likely N-dealkylation sites (N-methyl/N-ethyl adjacent to an activating group) is 1. The van der Waals surface area contributed by atoms with Gasteiger partial charge in [-0.25, -0.2) is 0 Å². The van der Waals surface area contributed by atoms with Crippen molar-refractivity contribution in [1.29, 1.82) is 0 Å². The summed E-state index contributed by atoms with van der Waals surface area (Å²) < 4.78 is 5.47. The number of nitrogens with one attached hydrogen (secondary N) is 1. The second kappa shape index (κ2) is 5.85. The molecule has 2 heteroatoms. The molecule has 0 aliphatic carbocycles. The highest BCUT2D eigenvalue weighted by Gasteiger charge is 2.30. The maximum Gasteiger partial charge on any atom is 0.0483 e. The van der Waals surface area contributed by atoms with Crippen LogP contribution in [-0.2, 0) is 11.2 Å². The number of ether oxygens (including phenoxy) is 1. The third-order valence-corrected chi connectivity index (χ3v) is 4.17. The molecule has 1 aromatic carbocycles. The SMILES string of the molecule is CNC1(Cc2ccc(C(C)C)cc2)CCOCC1. The average Bonchev–Trinajstić information content (AvgIpc) is 2.40. The molecule has 2 nitrogen and oxygen atoms in total. The summed E-state index contributed by atoms with van der Waals surface area (Å²) in [5, 5.41) is 3.52. The molecule has 1 N–H and O–H groups in total. The van der Waals surface area contributed by atoms with E-state index in [1.807, 2.05) is 0 Å². The van der Waals surface area contributed by atoms with Crippen molar-refractivity contribution in [1.82, 2.24) is 5.32 Å². The predicted molar refractivity (Wildman–Crippen MR) is 76.1 cm³/mol. The zero-order valence-corrected chi connectivity index (χ0v) is 11.8. The molecule has 0 bridgehead atoms. The van der Waals surface area contributed by atoms with E-state index in [4.69, 9.17) is 4.74 Å². The quantitative estimate of drug-likeness (QED) is 0.882. The molecule has 0 amide bonds. The van der Waals surface area contributed by atoms with Crippen molar-refractivity contribution >= 4 is 0 Å². The molecule has 0 saturated carbocycles. The normalized spacial score (nSPS) is 19.1. The topological polar surface area (TPSA) is 21.3 Å². The van der Waals surface area contributed by atoms with Gasteiger partial charge in [-0.15, -0.1) is 0 Å². The lowest BCUT2D eigenvalue weighted by Gasteiger charge is -2.37. The highest BCUT2D eigenvalue weighted by molar-refractivity contribution is 5.26. The minimum atomic E-state index is 0.234. The standard InChI is InChI=1S/C16H25NO/c1-13(2)15-6-4-14(5-7-15)12-16(17-3)8-10-18-11-9-16/h4-7,13,17H,8-12H2,1-3H3. The van der Waals surface area contributed by atoms with Gasteiger partial charge >= 0.3 is 0 Å². The molecule has 18 heavy (non-hydrogen) atoms. The molecule has 0 aromatic heterocycles. The van der Waals surface area contributed by atoms with Crippen LogP contribution < -0.4 is 5.32 Å². The van der Waals surface area contributed by atoms with Crippen molar-refractivity contribution in [2.45, 2.75) is 44.6 Å².